The van der Waals surface area contributed by atoms with Gasteiger partial charge in [0.15, 0.2) is 5.96 Å². The molecule has 2 N–H and O–H groups in total. The molecule has 24 heavy (non-hydrogen) atoms. The van der Waals surface area contributed by atoms with E-state index in [1.165, 1.54) is 12.1 Å². The fourth-order valence-electron chi connectivity index (χ4n) is 2.23. The quantitative estimate of drug-likeness (QED) is 0.409. The molecule has 2 aromatic carbocycles. The second kappa shape index (κ2) is 10.9. The number of rotatable bonds is 6. The van der Waals surface area contributed by atoms with E-state index in [2.05, 4.69) is 21.7 Å². The first-order valence-electron chi connectivity index (χ1n) is 7.54. The lowest BCUT2D eigenvalue weighted by Gasteiger charge is -2.13. The van der Waals surface area contributed by atoms with E-state index >= 15 is 0 Å². The SMILES string of the molecule is CN=C(NCCc1ccccc1OC)NCc1ccc(F)cc1.I. The molecule has 0 fully saturated rings. The first-order chi connectivity index (χ1) is 11.2. The van der Waals surface area contributed by atoms with Gasteiger partial charge >= 0.3 is 0 Å². The highest BCUT2D eigenvalue weighted by atomic mass is 127. The molecule has 0 aliphatic carbocycles. The Kier molecular flexibility index (Phi) is 9.14. The third-order valence-corrected chi connectivity index (χ3v) is 3.48. The molecule has 0 unspecified atom stereocenters. The van der Waals surface area contributed by atoms with Crippen molar-refractivity contribution in [1.82, 2.24) is 10.6 Å². The Morgan fingerprint density at radius 3 is 2.46 bits per heavy atom. The summed E-state index contributed by atoms with van der Waals surface area (Å²) in [6.45, 7) is 1.33. The number of hydrogen-bond donors (Lipinski definition) is 2. The molecular weight excluding hydrogens is 420 g/mol. The summed E-state index contributed by atoms with van der Waals surface area (Å²) >= 11 is 0. The predicted molar refractivity (Wildman–Crippen MR) is 107 cm³/mol. The summed E-state index contributed by atoms with van der Waals surface area (Å²) < 4.78 is 18.2. The second-order valence-corrected chi connectivity index (χ2v) is 5.04. The fraction of sp³-hybridized carbons (Fsp3) is 0.278. The second-order valence-electron chi connectivity index (χ2n) is 5.04. The monoisotopic (exact) mass is 443 g/mol. The Hall–Kier alpha value is -1.83. The lowest BCUT2D eigenvalue weighted by atomic mass is 10.1. The molecule has 0 atom stereocenters. The van der Waals surface area contributed by atoms with Crippen LogP contribution in [0.15, 0.2) is 53.5 Å². The number of benzene rings is 2. The van der Waals surface area contributed by atoms with Gasteiger partial charge in [0.25, 0.3) is 0 Å². The van der Waals surface area contributed by atoms with E-state index in [0.29, 0.717) is 12.5 Å². The highest BCUT2D eigenvalue weighted by molar-refractivity contribution is 14.0. The number of nitrogens with one attached hydrogen (secondary N) is 2. The van der Waals surface area contributed by atoms with Gasteiger partial charge in [0.1, 0.15) is 11.6 Å². The lowest BCUT2D eigenvalue weighted by Crippen LogP contribution is -2.37. The Labute approximate surface area is 159 Å². The zero-order valence-corrected chi connectivity index (χ0v) is 16.2. The van der Waals surface area contributed by atoms with Crippen LogP contribution in [0.3, 0.4) is 0 Å². The van der Waals surface area contributed by atoms with E-state index in [1.54, 1.807) is 26.3 Å². The van der Waals surface area contributed by atoms with E-state index in [0.717, 1.165) is 29.8 Å². The maximum atomic E-state index is 12.9. The van der Waals surface area contributed by atoms with Crippen molar-refractivity contribution in [3.8, 4) is 5.75 Å². The van der Waals surface area contributed by atoms with Gasteiger partial charge in [0.2, 0.25) is 0 Å². The van der Waals surface area contributed by atoms with Gasteiger partial charge in [-0.3, -0.25) is 4.99 Å². The Morgan fingerprint density at radius 2 is 1.79 bits per heavy atom. The average Bonchev–Trinajstić information content (AvgIpc) is 2.59. The van der Waals surface area contributed by atoms with Crippen molar-refractivity contribution >= 4 is 29.9 Å². The van der Waals surface area contributed by atoms with Crippen molar-refractivity contribution in [3.63, 3.8) is 0 Å². The highest BCUT2D eigenvalue weighted by Crippen LogP contribution is 2.17. The van der Waals surface area contributed by atoms with Crippen LogP contribution in [-0.4, -0.2) is 26.7 Å². The van der Waals surface area contributed by atoms with E-state index in [1.807, 2.05) is 18.2 Å². The number of hydrogen-bond acceptors (Lipinski definition) is 2. The summed E-state index contributed by atoms with van der Waals surface area (Å²) in [7, 11) is 3.40. The number of aliphatic imine (C=N–C) groups is 1. The molecule has 0 heterocycles. The molecule has 2 aromatic rings. The number of methoxy groups -OCH3 is 1. The minimum absolute atomic E-state index is 0. The first-order valence-corrected chi connectivity index (χ1v) is 7.54. The van der Waals surface area contributed by atoms with E-state index in [-0.39, 0.29) is 29.8 Å². The Morgan fingerprint density at radius 1 is 1.08 bits per heavy atom. The van der Waals surface area contributed by atoms with Gasteiger partial charge < -0.3 is 15.4 Å². The van der Waals surface area contributed by atoms with Gasteiger partial charge in [0.05, 0.1) is 7.11 Å². The van der Waals surface area contributed by atoms with Crippen LogP contribution in [-0.2, 0) is 13.0 Å². The molecule has 0 saturated carbocycles. The normalized spacial score (nSPS) is 10.7. The number of ether oxygens (including phenoxy) is 1. The largest absolute Gasteiger partial charge is 0.496 e. The zero-order chi connectivity index (χ0) is 16.5. The summed E-state index contributed by atoms with van der Waals surface area (Å²) in [5, 5.41) is 6.47. The molecule has 0 aliphatic rings. The lowest BCUT2D eigenvalue weighted by molar-refractivity contribution is 0.409. The number of nitrogens with zero attached hydrogens (tertiary/aromatic N) is 1. The Bertz CT molecular complexity index is 647. The van der Waals surface area contributed by atoms with Crippen molar-refractivity contribution in [1.29, 1.82) is 0 Å². The summed E-state index contributed by atoms with van der Waals surface area (Å²) in [6.07, 6.45) is 0.835. The summed E-state index contributed by atoms with van der Waals surface area (Å²) in [4.78, 5) is 4.18. The molecular formula is C18H23FIN3O. The molecule has 0 saturated heterocycles. The molecule has 0 spiro atoms. The Balaban J connectivity index is 0.00000288. The molecule has 4 nitrogen and oxygen atoms in total. The average molecular weight is 443 g/mol. The van der Waals surface area contributed by atoms with Crippen LogP contribution in [0, 0.1) is 5.82 Å². The summed E-state index contributed by atoms with van der Waals surface area (Å²) in [5.74, 6) is 1.38. The molecule has 2 rings (SSSR count). The molecule has 0 aromatic heterocycles. The molecule has 0 bridgehead atoms. The van der Waals surface area contributed by atoms with Gasteiger partial charge in [-0.15, -0.1) is 24.0 Å². The van der Waals surface area contributed by atoms with Crippen LogP contribution in [0.4, 0.5) is 4.39 Å². The van der Waals surface area contributed by atoms with Gasteiger partial charge in [-0.05, 0) is 35.7 Å². The molecule has 130 valence electrons. The number of para-hydroxylation sites is 1. The van der Waals surface area contributed by atoms with Gasteiger partial charge in [-0.1, -0.05) is 30.3 Å². The zero-order valence-electron chi connectivity index (χ0n) is 13.9. The number of halogens is 2. The van der Waals surface area contributed by atoms with Crippen LogP contribution in [0.2, 0.25) is 0 Å². The standard InChI is InChI=1S/C18H22FN3O.HI/c1-20-18(22-13-14-7-9-16(19)10-8-14)21-12-11-15-5-3-4-6-17(15)23-2;/h3-10H,11-13H2,1-2H3,(H2,20,21,22);1H. The van der Waals surface area contributed by atoms with Crippen molar-refractivity contribution < 1.29 is 9.13 Å². The third kappa shape index (κ3) is 6.35. The van der Waals surface area contributed by atoms with Crippen molar-refractivity contribution in [2.45, 2.75) is 13.0 Å². The summed E-state index contributed by atoms with van der Waals surface area (Å²) in [5.41, 5.74) is 2.15. The van der Waals surface area contributed by atoms with E-state index in [4.69, 9.17) is 4.74 Å². The van der Waals surface area contributed by atoms with Crippen LogP contribution in [0.25, 0.3) is 0 Å². The predicted octanol–water partition coefficient (Wildman–Crippen LogP) is 3.36. The minimum Gasteiger partial charge on any atom is -0.496 e. The number of guanidine groups is 1. The van der Waals surface area contributed by atoms with Crippen LogP contribution >= 0.6 is 24.0 Å². The maximum Gasteiger partial charge on any atom is 0.191 e. The molecule has 0 radical (unpaired) electrons. The van der Waals surface area contributed by atoms with Crippen molar-refractivity contribution in [2.75, 3.05) is 20.7 Å². The third-order valence-electron chi connectivity index (χ3n) is 3.48. The fourth-order valence-corrected chi connectivity index (χ4v) is 2.23. The van der Waals surface area contributed by atoms with Crippen LogP contribution in [0.5, 0.6) is 5.75 Å². The van der Waals surface area contributed by atoms with Gasteiger partial charge in [0, 0.05) is 20.1 Å². The molecule has 0 aliphatic heterocycles. The topological polar surface area (TPSA) is 45.7 Å². The van der Waals surface area contributed by atoms with Crippen molar-refractivity contribution in [2.24, 2.45) is 4.99 Å². The maximum absolute atomic E-state index is 12.9. The molecule has 0 amide bonds. The highest BCUT2D eigenvalue weighted by Gasteiger charge is 2.03. The van der Waals surface area contributed by atoms with Crippen LogP contribution in [0.1, 0.15) is 11.1 Å². The van der Waals surface area contributed by atoms with E-state index in [9.17, 15) is 4.39 Å². The van der Waals surface area contributed by atoms with Gasteiger partial charge in [-0.2, -0.15) is 0 Å². The van der Waals surface area contributed by atoms with Crippen molar-refractivity contribution in [3.05, 3.63) is 65.5 Å². The van der Waals surface area contributed by atoms with Crippen LogP contribution < -0.4 is 15.4 Å². The van der Waals surface area contributed by atoms with Gasteiger partial charge in [-0.25, -0.2) is 4.39 Å². The minimum atomic E-state index is -0.229. The van der Waals surface area contributed by atoms with E-state index < -0.39 is 0 Å². The summed E-state index contributed by atoms with van der Waals surface area (Å²) in [6, 6.07) is 14.4. The first kappa shape index (κ1) is 20.2. The molecule has 6 heteroatoms. The smallest absolute Gasteiger partial charge is 0.191 e.